The molecule has 1 unspecified atom stereocenters. The molecule has 3 heterocycles. The van der Waals surface area contributed by atoms with Crippen molar-refractivity contribution in [2.45, 2.75) is 58.7 Å². The van der Waals surface area contributed by atoms with Crippen LogP contribution in [-0.2, 0) is 0 Å². The number of aromatic nitrogens is 3. The van der Waals surface area contributed by atoms with Crippen LogP contribution in [0.4, 0.5) is 0 Å². The van der Waals surface area contributed by atoms with Crippen molar-refractivity contribution < 1.29 is 0 Å². The number of fused-ring (bicyclic) bond motifs is 1. The first-order chi connectivity index (χ1) is 10.6. The van der Waals surface area contributed by atoms with Gasteiger partial charge < -0.3 is 5.32 Å². The van der Waals surface area contributed by atoms with E-state index in [1.807, 2.05) is 23.7 Å². The first-order valence-electron chi connectivity index (χ1n) is 8.44. The first kappa shape index (κ1) is 15.4. The monoisotopic (exact) mass is 301 g/mol. The summed E-state index contributed by atoms with van der Waals surface area (Å²) in [5, 5.41) is 8.08. The molecule has 0 radical (unpaired) electrons. The number of nitrogens with one attached hydrogen (secondary N) is 1. The molecule has 5 nitrogen and oxygen atoms in total. The molecule has 2 aromatic rings. The van der Waals surface area contributed by atoms with Crippen molar-refractivity contribution >= 4 is 5.65 Å². The highest BCUT2D eigenvalue weighted by molar-refractivity contribution is 5.39. The highest BCUT2D eigenvalue weighted by atomic mass is 15.3. The molecule has 1 aliphatic heterocycles. The molecule has 0 spiro atoms. The molecular weight excluding hydrogens is 274 g/mol. The molecule has 3 atom stereocenters. The zero-order chi connectivity index (χ0) is 15.7. The van der Waals surface area contributed by atoms with Gasteiger partial charge in [0.25, 0.3) is 0 Å². The molecule has 1 saturated heterocycles. The number of hydrogen-bond acceptors (Lipinski definition) is 4. The minimum atomic E-state index is 0.335. The lowest BCUT2D eigenvalue weighted by molar-refractivity contribution is 0.0832. The fourth-order valence-corrected chi connectivity index (χ4v) is 3.43. The Kier molecular flexibility index (Phi) is 4.45. The Morgan fingerprint density at radius 3 is 2.91 bits per heavy atom. The van der Waals surface area contributed by atoms with E-state index in [9.17, 15) is 0 Å². The summed E-state index contributed by atoms with van der Waals surface area (Å²) in [4.78, 5) is 7.45. The van der Waals surface area contributed by atoms with Crippen LogP contribution in [0.1, 0.15) is 51.0 Å². The maximum atomic E-state index is 4.83. The van der Waals surface area contributed by atoms with E-state index in [1.54, 1.807) is 0 Å². The fourth-order valence-electron chi connectivity index (χ4n) is 3.43. The van der Waals surface area contributed by atoms with Crippen molar-refractivity contribution in [2.75, 3.05) is 13.1 Å². The molecule has 0 amide bonds. The van der Waals surface area contributed by atoms with E-state index in [-0.39, 0.29) is 0 Å². The predicted molar refractivity (Wildman–Crippen MR) is 89.0 cm³/mol. The Hall–Kier alpha value is -1.46. The maximum absolute atomic E-state index is 4.83. The molecule has 1 N–H and O–H groups in total. The summed E-state index contributed by atoms with van der Waals surface area (Å²) >= 11 is 0. The van der Waals surface area contributed by atoms with E-state index in [0.29, 0.717) is 18.1 Å². The molecule has 0 saturated carbocycles. The van der Waals surface area contributed by atoms with Crippen LogP contribution in [0.5, 0.6) is 0 Å². The zero-order valence-corrected chi connectivity index (χ0v) is 14.1. The Morgan fingerprint density at radius 2 is 2.18 bits per heavy atom. The number of hydrogen-bond donors (Lipinski definition) is 1. The Balaban J connectivity index is 1.86. The summed E-state index contributed by atoms with van der Waals surface area (Å²) < 4.78 is 1.86. The van der Waals surface area contributed by atoms with Gasteiger partial charge in [0.1, 0.15) is 0 Å². The van der Waals surface area contributed by atoms with Crippen molar-refractivity contribution in [1.82, 2.24) is 24.8 Å². The molecule has 22 heavy (non-hydrogen) atoms. The van der Waals surface area contributed by atoms with Gasteiger partial charge in [-0.25, -0.2) is 9.50 Å². The van der Waals surface area contributed by atoms with Gasteiger partial charge in [-0.1, -0.05) is 13.8 Å². The van der Waals surface area contributed by atoms with Crippen molar-refractivity contribution in [3.63, 3.8) is 0 Å². The Morgan fingerprint density at radius 1 is 1.36 bits per heavy atom. The number of aryl methyl sites for hydroxylation is 1. The fraction of sp³-hybridized carbons (Fsp3) is 0.647. The highest BCUT2D eigenvalue weighted by Crippen LogP contribution is 2.25. The summed E-state index contributed by atoms with van der Waals surface area (Å²) in [6.45, 7) is 11.0. The molecule has 3 rings (SSSR count). The highest BCUT2D eigenvalue weighted by Gasteiger charge is 2.30. The average molecular weight is 301 g/mol. The maximum Gasteiger partial charge on any atom is 0.155 e. The third-order valence-corrected chi connectivity index (χ3v) is 4.90. The van der Waals surface area contributed by atoms with Gasteiger partial charge >= 0.3 is 0 Å². The molecular formula is C17H27N5. The average Bonchev–Trinajstić information content (AvgIpc) is 2.92. The molecule has 1 aliphatic rings. The number of piperazine rings is 1. The molecule has 120 valence electrons. The number of nitrogens with zero attached hydrogens (tertiary/aromatic N) is 4. The zero-order valence-electron chi connectivity index (χ0n) is 14.1. The van der Waals surface area contributed by atoms with Gasteiger partial charge in [-0.15, -0.1) is 0 Å². The summed E-state index contributed by atoms with van der Waals surface area (Å²) in [6.07, 6.45) is 4.37. The lowest BCUT2D eigenvalue weighted by atomic mass is 10.0. The SMILES string of the molecule is CC[C@H]1CN(C(C)c2ccn3nc(C)cc3n2)[C@H](CC)CN1. The topological polar surface area (TPSA) is 45.5 Å². The normalized spacial score (nSPS) is 24.7. The third kappa shape index (κ3) is 2.88. The van der Waals surface area contributed by atoms with Crippen molar-refractivity contribution in [1.29, 1.82) is 0 Å². The van der Waals surface area contributed by atoms with Crippen molar-refractivity contribution in [3.8, 4) is 0 Å². The first-order valence-corrected chi connectivity index (χ1v) is 8.44. The van der Waals surface area contributed by atoms with E-state index in [2.05, 4.69) is 42.2 Å². The minimum absolute atomic E-state index is 0.335. The van der Waals surface area contributed by atoms with Gasteiger partial charge in [-0.2, -0.15) is 5.10 Å². The second-order valence-electron chi connectivity index (χ2n) is 6.39. The predicted octanol–water partition coefficient (Wildman–Crippen LogP) is 2.56. The van der Waals surface area contributed by atoms with Crippen LogP contribution in [0.3, 0.4) is 0 Å². The van der Waals surface area contributed by atoms with E-state index in [1.165, 1.54) is 12.8 Å². The number of rotatable bonds is 4. The van der Waals surface area contributed by atoms with E-state index >= 15 is 0 Å². The Bertz CT molecular complexity index is 635. The molecule has 0 aliphatic carbocycles. The van der Waals surface area contributed by atoms with Crippen LogP contribution in [0.2, 0.25) is 0 Å². The van der Waals surface area contributed by atoms with Crippen molar-refractivity contribution in [3.05, 3.63) is 29.7 Å². The third-order valence-electron chi connectivity index (χ3n) is 4.90. The summed E-state index contributed by atoms with van der Waals surface area (Å²) in [6, 6.07) is 5.66. The van der Waals surface area contributed by atoms with Gasteiger partial charge in [0.05, 0.1) is 11.4 Å². The smallest absolute Gasteiger partial charge is 0.155 e. The van der Waals surface area contributed by atoms with Gasteiger partial charge in [0.2, 0.25) is 0 Å². The van der Waals surface area contributed by atoms with Gasteiger partial charge in [0.15, 0.2) is 5.65 Å². The van der Waals surface area contributed by atoms with Crippen LogP contribution >= 0.6 is 0 Å². The second-order valence-corrected chi connectivity index (χ2v) is 6.39. The standard InChI is InChI=1S/C17H27N5/c1-5-14-11-21(15(6-2)10-18-14)13(4)16-7-8-22-17(19-16)9-12(3)20-22/h7-9,13-15,18H,5-6,10-11H2,1-4H3/t13?,14-,15+/m0/s1. The van der Waals surface area contributed by atoms with Crippen molar-refractivity contribution in [2.24, 2.45) is 0 Å². The van der Waals surface area contributed by atoms with Crippen LogP contribution in [0.15, 0.2) is 18.3 Å². The van der Waals surface area contributed by atoms with Crippen LogP contribution in [0.25, 0.3) is 5.65 Å². The Labute approximate surface area is 132 Å². The van der Waals surface area contributed by atoms with Crippen LogP contribution in [-0.4, -0.2) is 44.7 Å². The summed E-state index contributed by atoms with van der Waals surface area (Å²) in [5.41, 5.74) is 3.09. The quantitative estimate of drug-likeness (QED) is 0.943. The molecule has 0 bridgehead atoms. The molecule has 1 fully saturated rings. The van der Waals surface area contributed by atoms with Crippen LogP contribution in [0, 0.1) is 6.92 Å². The summed E-state index contributed by atoms with van der Waals surface area (Å²) in [7, 11) is 0. The molecule has 5 heteroatoms. The summed E-state index contributed by atoms with van der Waals surface area (Å²) in [5.74, 6) is 0. The van der Waals surface area contributed by atoms with Crippen LogP contribution < -0.4 is 5.32 Å². The van der Waals surface area contributed by atoms with E-state index in [4.69, 9.17) is 4.98 Å². The minimum Gasteiger partial charge on any atom is -0.311 e. The molecule has 0 aromatic carbocycles. The van der Waals surface area contributed by atoms with E-state index < -0.39 is 0 Å². The molecule has 2 aromatic heterocycles. The lowest BCUT2D eigenvalue weighted by Gasteiger charge is -2.43. The largest absolute Gasteiger partial charge is 0.311 e. The van der Waals surface area contributed by atoms with E-state index in [0.717, 1.165) is 30.1 Å². The van der Waals surface area contributed by atoms with Gasteiger partial charge in [-0.05, 0) is 32.8 Å². The van der Waals surface area contributed by atoms with Gasteiger partial charge in [0, 0.05) is 43.5 Å². The lowest BCUT2D eigenvalue weighted by Crippen LogP contribution is -2.56. The van der Waals surface area contributed by atoms with Gasteiger partial charge in [-0.3, -0.25) is 4.90 Å². The second kappa shape index (κ2) is 6.34.